The molecule has 0 bridgehead atoms. The Morgan fingerprint density at radius 3 is 2.67 bits per heavy atom. The van der Waals surface area contributed by atoms with Gasteiger partial charge in [0, 0.05) is 5.39 Å². The first-order chi connectivity index (χ1) is 13.0. The second-order valence-corrected chi connectivity index (χ2v) is 6.29. The van der Waals surface area contributed by atoms with E-state index < -0.39 is 5.63 Å². The number of nitrogens with zero attached hydrogens (tertiary/aromatic N) is 1. The molecule has 0 aliphatic carbocycles. The minimum atomic E-state index is -0.460. The molecule has 4 aromatic rings. The quantitative estimate of drug-likeness (QED) is 0.442. The molecule has 134 valence electrons. The summed E-state index contributed by atoms with van der Waals surface area (Å²) in [5, 5.41) is 3.84. The molecule has 0 fully saturated rings. The lowest BCUT2D eigenvalue weighted by Gasteiger charge is -2.09. The standard InChI is InChI=1S/C21H15FN2O3/c1-12-10-17(23-18(25)11-13-6-8-14(22)9-7-13)24-20-15-4-2-3-5-16(15)27-21(26)19(12)20/h2-10H,11H2,1H3,(H,23,24,25). The van der Waals surface area contributed by atoms with E-state index in [1.54, 1.807) is 37.3 Å². The van der Waals surface area contributed by atoms with Gasteiger partial charge in [0.05, 0.1) is 17.3 Å². The number of hydrogen-bond donors (Lipinski definition) is 1. The molecule has 2 aromatic carbocycles. The van der Waals surface area contributed by atoms with Gasteiger partial charge in [-0.25, -0.2) is 14.2 Å². The van der Waals surface area contributed by atoms with Gasteiger partial charge >= 0.3 is 5.63 Å². The van der Waals surface area contributed by atoms with E-state index in [0.717, 1.165) is 0 Å². The van der Waals surface area contributed by atoms with E-state index in [1.165, 1.54) is 12.1 Å². The van der Waals surface area contributed by atoms with Gasteiger partial charge in [-0.05, 0) is 48.4 Å². The number of aryl methyl sites for hydroxylation is 1. The molecule has 0 unspecified atom stereocenters. The van der Waals surface area contributed by atoms with Crippen LogP contribution in [0.3, 0.4) is 0 Å². The average molecular weight is 362 g/mol. The molecule has 1 amide bonds. The smallest absolute Gasteiger partial charge is 0.346 e. The van der Waals surface area contributed by atoms with Crippen molar-refractivity contribution in [2.45, 2.75) is 13.3 Å². The van der Waals surface area contributed by atoms with Gasteiger partial charge in [0.25, 0.3) is 0 Å². The Kier molecular flexibility index (Phi) is 4.16. The fourth-order valence-electron chi connectivity index (χ4n) is 3.07. The Bertz CT molecular complexity index is 1230. The van der Waals surface area contributed by atoms with Gasteiger partial charge < -0.3 is 9.73 Å². The maximum Gasteiger partial charge on any atom is 0.346 e. The van der Waals surface area contributed by atoms with Crippen molar-refractivity contribution in [3.63, 3.8) is 0 Å². The van der Waals surface area contributed by atoms with E-state index in [-0.39, 0.29) is 18.1 Å². The van der Waals surface area contributed by atoms with Crippen LogP contribution >= 0.6 is 0 Å². The van der Waals surface area contributed by atoms with E-state index in [2.05, 4.69) is 10.3 Å². The summed E-state index contributed by atoms with van der Waals surface area (Å²) in [6, 6.07) is 14.5. The molecule has 27 heavy (non-hydrogen) atoms. The van der Waals surface area contributed by atoms with Gasteiger partial charge in [0.1, 0.15) is 17.2 Å². The van der Waals surface area contributed by atoms with E-state index in [0.29, 0.717) is 38.8 Å². The minimum Gasteiger partial charge on any atom is -0.422 e. The molecule has 5 nitrogen and oxygen atoms in total. The number of rotatable bonds is 3. The number of para-hydroxylation sites is 1. The van der Waals surface area contributed by atoms with Crippen LogP contribution in [0.5, 0.6) is 0 Å². The summed E-state index contributed by atoms with van der Waals surface area (Å²) in [6.45, 7) is 1.77. The number of pyridine rings is 1. The predicted molar refractivity (Wildman–Crippen MR) is 101 cm³/mol. The molecule has 2 aromatic heterocycles. The van der Waals surface area contributed by atoms with Crippen LogP contribution < -0.4 is 10.9 Å². The van der Waals surface area contributed by atoms with Crippen LogP contribution in [0.15, 0.2) is 63.8 Å². The molecular weight excluding hydrogens is 347 g/mol. The number of halogens is 1. The van der Waals surface area contributed by atoms with E-state index in [4.69, 9.17) is 4.42 Å². The van der Waals surface area contributed by atoms with Crippen molar-refractivity contribution in [1.82, 2.24) is 4.98 Å². The largest absolute Gasteiger partial charge is 0.422 e. The molecule has 0 atom stereocenters. The van der Waals surface area contributed by atoms with Crippen LogP contribution in [0.2, 0.25) is 0 Å². The number of carbonyl (C=O) groups is 1. The van der Waals surface area contributed by atoms with Crippen LogP contribution in [0.1, 0.15) is 11.1 Å². The number of nitrogens with one attached hydrogen (secondary N) is 1. The summed E-state index contributed by atoms with van der Waals surface area (Å²) in [5.41, 5.74) is 1.82. The van der Waals surface area contributed by atoms with Crippen molar-refractivity contribution in [2.24, 2.45) is 0 Å². The summed E-state index contributed by atoms with van der Waals surface area (Å²) in [7, 11) is 0. The Morgan fingerprint density at radius 1 is 1.15 bits per heavy atom. The van der Waals surface area contributed by atoms with Crippen molar-refractivity contribution < 1.29 is 13.6 Å². The lowest BCUT2D eigenvalue weighted by molar-refractivity contribution is -0.115. The normalized spacial score (nSPS) is 11.0. The third-order valence-corrected chi connectivity index (χ3v) is 4.31. The van der Waals surface area contributed by atoms with Gasteiger partial charge in [-0.3, -0.25) is 4.79 Å². The first-order valence-corrected chi connectivity index (χ1v) is 8.39. The van der Waals surface area contributed by atoms with Crippen LogP contribution in [0, 0.1) is 12.7 Å². The van der Waals surface area contributed by atoms with Crippen molar-refractivity contribution in [3.05, 3.63) is 82.0 Å². The second-order valence-electron chi connectivity index (χ2n) is 6.29. The molecule has 0 radical (unpaired) electrons. The predicted octanol–water partition coefficient (Wildman–Crippen LogP) is 3.97. The van der Waals surface area contributed by atoms with Crippen molar-refractivity contribution >= 4 is 33.6 Å². The number of fused-ring (bicyclic) bond motifs is 3. The third kappa shape index (κ3) is 3.29. The zero-order chi connectivity index (χ0) is 19.0. The van der Waals surface area contributed by atoms with Gasteiger partial charge in [0.15, 0.2) is 0 Å². The summed E-state index contributed by atoms with van der Waals surface area (Å²) in [4.78, 5) is 29.1. The van der Waals surface area contributed by atoms with Crippen molar-refractivity contribution in [1.29, 1.82) is 0 Å². The van der Waals surface area contributed by atoms with Gasteiger partial charge in [-0.1, -0.05) is 24.3 Å². The number of carbonyl (C=O) groups excluding carboxylic acids is 1. The average Bonchev–Trinajstić information content (AvgIpc) is 2.63. The number of amides is 1. The second kappa shape index (κ2) is 6.64. The number of benzene rings is 2. The molecule has 2 heterocycles. The molecule has 0 saturated carbocycles. The van der Waals surface area contributed by atoms with Crippen LogP contribution in [-0.4, -0.2) is 10.9 Å². The lowest BCUT2D eigenvalue weighted by Crippen LogP contribution is -2.16. The molecule has 0 aliphatic rings. The maximum absolute atomic E-state index is 13.0. The van der Waals surface area contributed by atoms with Crippen LogP contribution in [0.25, 0.3) is 21.9 Å². The molecule has 0 aliphatic heterocycles. The highest BCUT2D eigenvalue weighted by Crippen LogP contribution is 2.25. The Morgan fingerprint density at radius 2 is 1.89 bits per heavy atom. The van der Waals surface area contributed by atoms with Crippen molar-refractivity contribution in [2.75, 3.05) is 5.32 Å². The van der Waals surface area contributed by atoms with E-state index in [9.17, 15) is 14.0 Å². The molecule has 6 heteroatoms. The highest BCUT2D eigenvalue weighted by atomic mass is 19.1. The highest BCUT2D eigenvalue weighted by Gasteiger charge is 2.14. The Hall–Kier alpha value is -3.54. The number of aromatic nitrogens is 1. The van der Waals surface area contributed by atoms with E-state index >= 15 is 0 Å². The monoisotopic (exact) mass is 362 g/mol. The summed E-state index contributed by atoms with van der Waals surface area (Å²) in [5.74, 6) is -0.278. The fourth-order valence-corrected chi connectivity index (χ4v) is 3.07. The van der Waals surface area contributed by atoms with Crippen LogP contribution in [0.4, 0.5) is 10.2 Å². The zero-order valence-electron chi connectivity index (χ0n) is 14.5. The first kappa shape index (κ1) is 16.9. The summed E-state index contributed by atoms with van der Waals surface area (Å²) in [6.07, 6.45) is 0.0940. The van der Waals surface area contributed by atoms with E-state index in [1.807, 2.05) is 12.1 Å². The molecule has 1 N–H and O–H groups in total. The molecule has 0 spiro atoms. The van der Waals surface area contributed by atoms with Gasteiger partial charge in [-0.2, -0.15) is 0 Å². The summed E-state index contributed by atoms with van der Waals surface area (Å²) >= 11 is 0. The Balaban J connectivity index is 1.72. The first-order valence-electron chi connectivity index (χ1n) is 8.39. The fraction of sp³-hybridized carbons (Fsp3) is 0.0952. The number of anilines is 1. The molecular formula is C21H15FN2O3. The zero-order valence-corrected chi connectivity index (χ0v) is 14.5. The Labute approximate surface area is 153 Å². The van der Waals surface area contributed by atoms with Gasteiger partial charge in [0.2, 0.25) is 5.91 Å². The van der Waals surface area contributed by atoms with Gasteiger partial charge in [-0.15, -0.1) is 0 Å². The van der Waals surface area contributed by atoms with Crippen LogP contribution in [-0.2, 0) is 11.2 Å². The maximum atomic E-state index is 13.0. The highest BCUT2D eigenvalue weighted by molar-refractivity contribution is 6.04. The SMILES string of the molecule is Cc1cc(NC(=O)Cc2ccc(F)cc2)nc2c1c(=O)oc1ccccc12. The minimum absolute atomic E-state index is 0.0940. The third-order valence-electron chi connectivity index (χ3n) is 4.31. The topological polar surface area (TPSA) is 72.2 Å². The molecule has 0 saturated heterocycles. The number of hydrogen-bond acceptors (Lipinski definition) is 4. The van der Waals surface area contributed by atoms with Crippen molar-refractivity contribution in [3.8, 4) is 0 Å². The lowest BCUT2D eigenvalue weighted by atomic mass is 10.1. The molecule has 4 rings (SSSR count). The summed E-state index contributed by atoms with van der Waals surface area (Å²) < 4.78 is 18.3.